The molecule has 0 bridgehead atoms. The maximum absolute atomic E-state index is 4.91. The van der Waals surface area contributed by atoms with Gasteiger partial charge in [-0.2, -0.15) is 0 Å². The van der Waals surface area contributed by atoms with E-state index in [4.69, 9.17) is 4.99 Å². The van der Waals surface area contributed by atoms with E-state index in [-0.39, 0.29) is 0 Å². The summed E-state index contributed by atoms with van der Waals surface area (Å²) in [5, 5.41) is 4.87. The van der Waals surface area contributed by atoms with Crippen LogP contribution in [0.2, 0.25) is 0 Å². The van der Waals surface area contributed by atoms with E-state index in [2.05, 4.69) is 33.0 Å². The first-order valence-corrected chi connectivity index (χ1v) is 7.91. The van der Waals surface area contributed by atoms with Crippen LogP contribution in [0.4, 0.5) is 0 Å². The molecule has 2 nitrogen and oxygen atoms in total. The molecule has 3 heteroatoms. The monoisotopic (exact) mass is 254 g/mol. The van der Waals surface area contributed by atoms with E-state index < -0.39 is 0 Å². The van der Waals surface area contributed by atoms with Gasteiger partial charge in [0.1, 0.15) is 0 Å². The van der Waals surface area contributed by atoms with Crippen LogP contribution in [0.5, 0.6) is 0 Å². The van der Waals surface area contributed by atoms with E-state index in [0.29, 0.717) is 17.5 Å². The fourth-order valence-corrected chi connectivity index (χ4v) is 3.72. The number of hydrogen-bond donors (Lipinski definition) is 1. The normalized spacial score (nSPS) is 34.6. The molecular formula is C14H26N2S. The summed E-state index contributed by atoms with van der Waals surface area (Å²) in [6.07, 6.45) is 5.24. The molecular weight excluding hydrogens is 228 g/mol. The molecule has 3 unspecified atom stereocenters. The van der Waals surface area contributed by atoms with Crippen molar-refractivity contribution in [3.63, 3.8) is 0 Å². The molecule has 1 heterocycles. The van der Waals surface area contributed by atoms with Gasteiger partial charge in [-0.3, -0.25) is 4.99 Å². The molecule has 0 saturated heterocycles. The van der Waals surface area contributed by atoms with Crippen LogP contribution in [-0.4, -0.2) is 23.0 Å². The van der Waals surface area contributed by atoms with E-state index >= 15 is 0 Å². The van der Waals surface area contributed by atoms with Crippen molar-refractivity contribution >= 4 is 16.9 Å². The maximum Gasteiger partial charge on any atom is 0.157 e. The Labute approximate surface area is 110 Å². The third kappa shape index (κ3) is 3.64. The molecule has 0 aromatic carbocycles. The Kier molecular flexibility index (Phi) is 4.06. The number of amidine groups is 1. The highest BCUT2D eigenvalue weighted by Gasteiger charge is 2.29. The highest BCUT2D eigenvalue weighted by Crippen LogP contribution is 2.31. The standard InChI is InChI=1S/C14H26N2S/c1-10-5-6-11(9-10)15-13-16-12(7-8-17-13)14(2,3)4/h10-12H,5-9H2,1-4H3,(H,15,16). The van der Waals surface area contributed by atoms with Crippen LogP contribution < -0.4 is 5.32 Å². The van der Waals surface area contributed by atoms with Crippen molar-refractivity contribution < 1.29 is 0 Å². The molecule has 2 aliphatic rings. The van der Waals surface area contributed by atoms with Crippen molar-refractivity contribution in [3.05, 3.63) is 0 Å². The predicted molar refractivity (Wildman–Crippen MR) is 77.7 cm³/mol. The van der Waals surface area contributed by atoms with Gasteiger partial charge in [-0.05, 0) is 37.0 Å². The van der Waals surface area contributed by atoms with Gasteiger partial charge in [-0.15, -0.1) is 0 Å². The van der Waals surface area contributed by atoms with Crippen molar-refractivity contribution in [1.82, 2.24) is 5.32 Å². The summed E-state index contributed by atoms with van der Waals surface area (Å²) in [4.78, 5) is 4.91. The van der Waals surface area contributed by atoms with Crippen molar-refractivity contribution in [3.8, 4) is 0 Å². The van der Waals surface area contributed by atoms with Crippen LogP contribution in [0, 0.1) is 11.3 Å². The van der Waals surface area contributed by atoms with Crippen LogP contribution in [0.15, 0.2) is 4.99 Å². The van der Waals surface area contributed by atoms with Crippen LogP contribution in [0.1, 0.15) is 53.4 Å². The smallest absolute Gasteiger partial charge is 0.157 e. The lowest BCUT2D eigenvalue weighted by Gasteiger charge is -2.31. The zero-order chi connectivity index (χ0) is 12.5. The van der Waals surface area contributed by atoms with Gasteiger partial charge >= 0.3 is 0 Å². The molecule has 1 N–H and O–H groups in total. The maximum atomic E-state index is 4.91. The fourth-order valence-electron chi connectivity index (χ4n) is 2.73. The van der Waals surface area contributed by atoms with Crippen molar-refractivity contribution in [2.45, 2.75) is 65.5 Å². The first-order valence-electron chi connectivity index (χ1n) is 6.92. The largest absolute Gasteiger partial charge is 0.362 e. The molecule has 1 aliphatic heterocycles. The zero-order valence-electron chi connectivity index (χ0n) is 11.6. The number of thioether (sulfide) groups is 1. The predicted octanol–water partition coefficient (Wildman–Crippen LogP) is 3.67. The SMILES string of the molecule is CC1CCC(NC2=NC(C(C)(C)C)CCS2)C1. The summed E-state index contributed by atoms with van der Waals surface area (Å²) in [7, 11) is 0. The summed E-state index contributed by atoms with van der Waals surface area (Å²) in [6.45, 7) is 9.25. The lowest BCUT2D eigenvalue weighted by atomic mass is 9.85. The first-order chi connectivity index (χ1) is 7.95. The van der Waals surface area contributed by atoms with E-state index in [1.54, 1.807) is 0 Å². The molecule has 0 aromatic heterocycles. The lowest BCUT2D eigenvalue weighted by Crippen LogP contribution is -2.37. The molecule has 0 radical (unpaired) electrons. The summed E-state index contributed by atoms with van der Waals surface area (Å²) >= 11 is 1.91. The molecule has 1 fully saturated rings. The number of rotatable bonds is 1. The quantitative estimate of drug-likeness (QED) is 0.772. The van der Waals surface area contributed by atoms with Gasteiger partial charge in [0.25, 0.3) is 0 Å². The van der Waals surface area contributed by atoms with Gasteiger partial charge in [-0.25, -0.2) is 0 Å². The van der Waals surface area contributed by atoms with Gasteiger partial charge in [0, 0.05) is 11.8 Å². The second-order valence-electron chi connectivity index (χ2n) is 6.71. The summed E-state index contributed by atoms with van der Waals surface area (Å²) in [6, 6.07) is 1.17. The highest BCUT2D eigenvalue weighted by molar-refractivity contribution is 8.13. The van der Waals surface area contributed by atoms with Crippen LogP contribution in [0.25, 0.3) is 0 Å². The average Bonchev–Trinajstić information content (AvgIpc) is 2.63. The molecule has 17 heavy (non-hydrogen) atoms. The van der Waals surface area contributed by atoms with Crippen LogP contribution in [0.3, 0.4) is 0 Å². The van der Waals surface area contributed by atoms with E-state index in [1.165, 1.54) is 36.6 Å². The second kappa shape index (κ2) is 5.21. The molecule has 1 saturated carbocycles. The summed E-state index contributed by atoms with van der Waals surface area (Å²) < 4.78 is 0. The van der Waals surface area contributed by atoms with Crippen molar-refractivity contribution in [2.75, 3.05) is 5.75 Å². The Bertz CT molecular complexity index is 293. The number of nitrogens with one attached hydrogen (secondary N) is 1. The summed E-state index contributed by atoms with van der Waals surface area (Å²) in [5.41, 5.74) is 0.302. The van der Waals surface area contributed by atoms with Crippen LogP contribution >= 0.6 is 11.8 Å². The van der Waals surface area contributed by atoms with Crippen molar-refractivity contribution in [1.29, 1.82) is 0 Å². The Hall–Kier alpha value is -0.180. The average molecular weight is 254 g/mol. The Morgan fingerprint density at radius 1 is 1.24 bits per heavy atom. The minimum atomic E-state index is 0.302. The molecule has 1 aliphatic carbocycles. The Balaban J connectivity index is 1.94. The third-order valence-electron chi connectivity index (χ3n) is 3.93. The molecule has 0 amide bonds. The number of nitrogens with zero attached hydrogens (tertiary/aromatic N) is 1. The van der Waals surface area contributed by atoms with Crippen LogP contribution in [-0.2, 0) is 0 Å². The molecule has 0 aromatic rings. The second-order valence-corrected chi connectivity index (χ2v) is 7.80. The zero-order valence-corrected chi connectivity index (χ0v) is 12.4. The topological polar surface area (TPSA) is 24.4 Å². The Morgan fingerprint density at radius 2 is 2.00 bits per heavy atom. The first kappa shape index (κ1) is 13.3. The lowest BCUT2D eigenvalue weighted by molar-refractivity contribution is 0.315. The highest BCUT2D eigenvalue weighted by atomic mass is 32.2. The van der Waals surface area contributed by atoms with E-state index in [1.807, 2.05) is 11.8 Å². The molecule has 2 rings (SSSR count). The van der Waals surface area contributed by atoms with Crippen molar-refractivity contribution in [2.24, 2.45) is 16.3 Å². The minimum absolute atomic E-state index is 0.302. The van der Waals surface area contributed by atoms with Gasteiger partial charge in [0.05, 0.1) is 6.04 Å². The summed E-state index contributed by atoms with van der Waals surface area (Å²) in [5.74, 6) is 2.11. The third-order valence-corrected chi connectivity index (χ3v) is 4.86. The fraction of sp³-hybridized carbons (Fsp3) is 0.929. The van der Waals surface area contributed by atoms with Gasteiger partial charge in [0.15, 0.2) is 5.17 Å². The van der Waals surface area contributed by atoms with E-state index in [9.17, 15) is 0 Å². The van der Waals surface area contributed by atoms with Gasteiger partial charge < -0.3 is 5.32 Å². The molecule has 0 spiro atoms. The van der Waals surface area contributed by atoms with Gasteiger partial charge in [0.2, 0.25) is 0 Å². The molecule has 3 atom stereocenters. The van der Waals surface area contributed by atoms with E-state index in [0.717, 1.165) is 5.92 Å². The molecule has 98 valence electrons. The minimum Gasteiger partial charge on any atom is -0.362 e. The number of aliphatic imine (C=N–C) groups is 1. The number of hydrogen-bond acceptors (Lipinski definition) is 3. The van der Waals surface area contributed by atoms with Gasteiger partial charge in [-0.1, -0.05) is 39.5 Å². The Morgan fingerprint density at radius 3 is 2.59 bits per heavy atom.